The first-order valence-corrected chi connectivity index (χ1v) is 8.26. The van der Waals surface area contributed by atoms with Gasteiger partial charge in [-0.3, -0.25) is 0 Å². The van der Waals surface area contributed by atoms with Gasteiger partial charge in [-0.05, 0) is 48.5 Å². The largest absolute Gasteiger partial charge is 0.457 e. The van der Waals surface area contributed by atoms with Gasteiger partial charge in [0, 0.05) is 11.5 Å². The van der Waals surface area contributed by atoms with Crippen LogP contribution in [-0.2, 0) is 0 Å². The van der Waals surface area contributed by atoms with Crippen LogP contribution >= 0.6 is 0 Å². The number of aromatic nitrogens is 4. The minimum absolute atomic E-state index is 0.263. The molecule has 0 saturated carbocycles. The van der Waals surface area contributed by atoms with E-state index >= 15 is 0 Å². The Balaban J connectivity index is 1.63. The predicted molar refractivity (Wildman–Crippen MR) is 96.8 cm³/mol. The van der Waals surface area contributed by atoms with Gasteiger partial charge in [0.05, 0.1) is 5.69 Å². The van der Waals surface area contributed by atoms with E-state index in [0.29, 0.717) is 0 Å². The summed E-state index contributed by atoms with van der Waals surface area (Å²) in [7, 11) is 0. The van der Waals surface area contributed by atoms with Gasteiger partial charge >= 0.3 is 0 Å². The van der Waals surface area contributed by atoms with Gasteiger partial charge < -0.3 is 4.74 Å². The lowest BCUT2D eigenvalue weighted by molar-refractivity contribution is 0.483. The molecule has 4 aromatic rings. The molecule has 0 aliphatic heterocycles. The molecule has 0 bridgehead atoms. The van der Waals surface area contributed by atoms with E-state index < -0.39 is 0 Å². The Labute approximate surface area is 145 Å². The van der Waals surface area contributed by atoms with Crippen LogP contribution in [0.4, 0.5) is 0 Å². The fraction of sp³-hybridized carbons (Fsp3) is 0.150. The van der Waals surface area contributed by atoms with Crippen LogP contribution in [0.25, 0.3) is 16.9 Å². The Morgan fingerprint density at radius 3 is 2.24 bits per heavy atom. The number of fused-ring (bicyclic) bond motifs is 1. The lowest BCUT2D eigenvalue weighted by Crippen LogP contribution is -2.01. The van der Waals surface area contributed by atoms with Crippen molar-refractivity contribution >= 4 is 5.65 Å². The highest BCUT2D eigenvalue weighted by Crippen LogP contribution is 2.25. The zero-order chi connectivity index (χ0) is 17.2. The van der Waals surface area contributed by atoms with Crippen molar-refractivity contribution < 1.29 is 4.74 Å². The van der Waals surface area contributed by atoms with Crippen LogP contribution < -0.4 is 4.74 Å². The maximum absolute atomic E-state index is 5.83. The van der Waals surface area contributed by atoms with E-state index in [1.54, 1.807) is 0 Å². The van der Waals surface area contributed by atoms with E-state index in [1.807, 2.05) is 71.2 Å². The Hall–Kier alpha value is -3.21. The molecule has 5 nitrogen and oxygen atoms in total. The lowest BCUT2D eigenvalue weighted by Gasteiger charge is -2.07. The number of hydrogen-bond acceptors (Lipinski definition) is 4. The van der Waals surface area contributed by atoms with E-state index in [2.05, 4.69) is 24.0 Å². The molecule has 0 saturated heterocycles. The van der Waals surface area contributed by atoms with Crippen LogP contribution in [0.2, 0.25) is 0 Å². The first-order valence-electron chi connectivity index (χ1n) is 8.26. The second-order valence-corrected chi connectivity index (χ2v) is 6.14. The third kappa shape index (κ3) is 3.08. The van der Waals surface area contributed by atoms with Crippen molar-refractivity contribution in [3.8, 4) is 22.8 Å². The van der Waals surface area contributed by atoms with Gasteiger partial charge in [0.2, 0.25) is 0 Å². The molecule has 4 rings (SSSR count). The van der Waals surface area contributed by atoms with Crippen molar-refractivity contribution in [3.05, 3.63) is 72.6 Å². The summed E-state index contributed by atoms with van der Waals surface area (Å²) in [6.45, 7) is 4.17. The second kappa shape index (κ2) is 6.36. The summed E-state index contributed by atoms with van der Waals surface area (Å²) in [6.07, 6.45) is 0. The topological polar surface area (TPSA) is 52.3 Å². The summed E-state index contributed by atoms with van der Waals surface area (Å²) >= 11 is 0. The Morgan fingerprint density at radius 1 is 0.800 bits per heavy atom. The molecule has 0 spiro atoms. The zero-order valence-corrected chi connectivity index (χ0v) is 14.1. The number of benzene rings is 2. The van der Waals surface area contributed by atoms with Gasteiger partial charge in [-0.15, -0.1) is 10.2 Å². The molecule has 2 aromatic heterocycles. The Kier molecular flexibility index (Phi) is 3.90. The molecule has 0 aliphatic carbocycles. The molecule has 0 atom stereocenters. The van der Waals surface area contributed by atoms with E-state index in [-0.39, 0.29) is 5.92 Å². The SMILES string of the molecule is CC(C)c1nnc2ccc(-c3ccc(Oc4ccccc4)cc3)nn12. The monoisotopic (exact) mass is 330 g/mol. The lowest BCUT2D eigenvalue weighted by atomic mass is 10.1. The van der Waals surface area contributed by atoms with Crippen molar-refractivity contribution in [2.45, 2.75) is 19.8 Å². The van der Waals surface area contributed by atoms with Crippen LogP contribution in [0.15, 0.2) is 66.7 Å². The molecule has 25 heavy (non-hydrogen) atoms. The predicted octanol–water partition coefficient (Wildman–Crippen LogP) is 4.71. The molecular formula is C20H18N4O. The molecule has 0 N–H and O–H groups in total. The number of ether oxygens (including phenoxy) is 1. The summed E-state index contributed by atoms with van der Waals surface area (Å²) < 4.78 is 7.65. The minimum atomic E-state index is 0.263. The molecular weight excluding hydrogens is 312 g/mol. The molecule has 124 valence electrons. The van der Waals surface area contributed by atoms with Crippen molar-refractivity contribution in [1.29, 1.82) is 0 Å². The Bertz CT molecular complexity index is 991. The highest BCUT2D eigenvalue weighted by molar-refractivity contribution is 5.61. The summed E-state index contributed by atoms with van der Waals surface area (Å²) in [6, 6.07) is 21.5. The van der Waals surface area contributed by atoms with Crippen molar-refractivity contribution in [2.24, 2.45) is 0 Å². The van der Waals surface area contributed by atoms with Crippen LogP contribution in [0, 0.1) is 0 Å². The summed E-state index contributed by atoms with van der Waals surface area (Å²) in [4.78, 5) is 0. The third-order valence-electron chi connectivity index (χ3n) is 3.93. The van der Waals surface area contributed by atoms with E-state index in [1.165, 1.54) is 0 Å². The smallest absolute Gasteiger partial charge is 0.177 e. The standard InChI is InChI=1S/C20H18N4O/c1-14(2)20-22-21-19-13-12-18(23-24(19)20)15-8-10-17(11-9-15)25-16-6-4-3-5-7-16/h3-14H,1-2H3. The van der Waals surface area contributed by atoms with Crippen molar-refractivity contribution in [3.63, 3.8) is 0 Å². The van der Waals surface area contributed by atoms with Gasteiger partial charge in [-0.2, -0.15) is 9.61 Å². The van der Waals surface area contributed by atoms with E-state index in [4.69, 9.17) is 9.84 Å². The zero-order valence-electron chi connectivity index (χ0n) is 14.1. The second-order valence-electron chi connectivity index (χ2n) is 6.14. The van der Waals surface area contributed by atoms with Crippen LogP contribution in [0.1, 0.15) is 25.6 Å². The maximum atomic E-state index is 5.83. The van der Waals surface area contributed by atoms with Gasteiger partial charge in [0.15, 0.2) is 11.5 Å². The van der Waals surface area contributed by atoms with Crippen molar-refractivity contribution in [2.75, 3.05) is 0 Å². The fourth-order valence-corrected chi connectivity index (χ4v) is 2.64. The third-order valence-corrected chi connectivity index (χ3v) is 3.93. The molecule has 0 unspecified atom stereocenters. The Morgan fingerprint density at radius 2 is 1.52 bits per heavy atom. The summed E-state index contributed by atoms with van der Waals surface area (Å²) in [5.41, 5.74) is 2.66. The average Bonchev–Trinajstić information content (AvgIpc) is 3.07. The fourth-order valence-electron chi connectivity index (χ4n) is 2.64. The molecule has 0 amide bonds. The average molecular weight is 330 g/mol. The van der Waals surface area contributed by atoms with Gasteiger partial charge in [-0.25, -0.2) is 0 Å². The highest BCUT2D eigenvalue weighted by Gasteiger charge is 2.11. The molecule has 5 heteroatoms. The normalized spacial score (nSPS) is 11.2. The maximum Gasteiger partial charge on any atom is 0.177 e. The first-order chi connectivity index (χ1) is 12.2. The van der Waals surface area contributed by atoms with E-state index in [0.717, 1.165) is 34.2 Å². The quantitative estimate of drug-likeness (QED) is 0.544. The number of rotatable bonds is 4. The molecule has 0 radical (unpaired) electrons. The minimum Gasteiger partial charge on any atom is -0.457 e. The van der Waals surface area contributed by atoms with Gasteiger partial charge in [0.25, 0.3) is 0 Å². The van der Waals surface area contributed by atoms with Crippen LogP contribution in [-0.4, -0.2) is 19.8 Å². The summed E-state index contributed by atoms with van der Waals surface area (Å²) in [5, 5.41) is 13.1. The molecule has 2 heterocycles. The van der Waals surface area contributed by atoms with Gasteiger partial charge in [0.1, 0.15) is 11.5 Å². The highest BCUT2D eigenvalue weighted by atomic mass is 16.5. The van der Waals surface area contributed by atoms with Crippen molar-refractivity contribution in [1.82, 2.24) is 19.8 Å². The number of hydrogen-bond donors (Lipinski definition) is 0. The summed E-state index contributed by atoms with van der Waals surface area (Å²) in [5.74, 6) is 2.74. The van der Waals surface area contributed by atoms with Gasteiger partial charge in [-0.1, -0.05) is 32.0 Å². The van der Waals surface area contributed by atoms with Crippen LogP contribution in [0.3, 0.4) is 0 Å². The molecule has 2 aromatic carbocycles. The van der Waals surface area contributed by atoms with E-state index in [9.17, 15) is 0 Å². The molecule has 0 fully saturated rings. The van der Waals surface area contributed by atoms with Crippen LogP contribution in [0.5, 0.6) is 11.5 Å². The number of para-hydroxylation sites is 1. The molecule has 0 aliphatic rings. The number of nitrogens with zero attached hydrogens (tertiary/aromatic N) is 4. The first kappa shape index (κ1) is 15.3.